The molecule has 4 aromatic rings. The second-order valence-corrected chi connectivity index (χ2v) is 8.24. The zero-order chi connectivity index (χ0) is 23.0. The van der Waals surface area contributed by atoms with Crippen LogP contribution in [0.3, 0.4) is 0 Å². The summed E-state index contributed by atoms with van der Waals surface area (Å²) in [6, 6.07) is 12.9. The third-order valence-electron chi connectivity index (χ3n) is 5.37. The Balaban J connectivity index is 1.72. The molecule has 0 bridgehead atoms. The Kier molecular flexibility index (Phi) is 6.02. The van der Waals surface area contributed by atoms with Crippen molar-refractivity contribution in [2.45, 2.75) is 39.8 Å². The van der Waals surface area contributed by atoms with E-state index in [2.05, 4.69) is 23.9 Å². The lowest BCUT2D eigenvalue weighted by molar-refractivity contribution is -0.0532. The molecule has 2 aromatic carbocycles. The van der Waals surface area contributed by atoms with Gasteiger partial charge in [0.15, 0.2) is 0 Å². The van der Waals surface area contributed by atoms with E-state index in [0.717, 1.165) is 16.8 Å². The van der Waals surface area contributed by atoms with Crippen molar-refractivity contribution < 1.29 is 18.6 Å². The molecule has 8 heteroatoms. The van der Waals surface area contributed by atoms with Gasteiger partial charge < -0.3 is 9.84 Å². The first-order valence-corrected chi connectivity index (χ1v) is 10.5. The minimum Gasteiger partial charge on any atom is -0.507 e. The normalized spacial score (nSPS) is 11.6. The first-order chi connectivity index (χ1) is 15.2. The minimum absolute atomic E-state index is 0.0182. The van der Waals surface area contributed by atoms with Crippen LogP contribution in [0.25, 0.3) is 22.2 Å². The number of fused-ring (bicyclic) bond motifs is 1. The number of aromatic nitrogens is 3. The number of phenols is 1. The fourth-order valence-electron chi connectivity index (χ4n) is 3.68. The van der Waals surface area contributed by atoms with Crippen molar-refractivity contribution in [1.82, 2.24) is 14.8 Å². The van der Waals surface area contributed by atoms with E-state index in [9.17, 15) is 13.9 Å². The molecule has 0 unspecified atom stereocenters. The average Bonchev–Trinajstić information content (AvgIpc) is 3.24. The van der Waals surface area contributed by atoms with Crippen molar-refractivity contribution in [2.24, 2.45) is 0 Å². The molecule has 0 saturated heterocycles. The molecule has 2 aromatic heterocycles. The lowest BCUT2D eigenvalue weighted by Gasteiger charge is -2.16. The molecule has 0 amide bonds. The summed E-state index contributed by atoms with van der Waals surface area (Å²) in [7, 11) is 0. The van der Waals surface area contributed by atoms with Crippen LogP contribution in [0.2, 0.25) is 5.02 Å². The molecule has 1 N–H and O–H groups in total. The summed E-state index contributed by atoms with van der Waals surface area (Å²) < 4.78 is 32.8. The third kappa shape index (κ3) is 4.25. The molecule has 32 heavy (non-hydrogen) atoms. The van der Waals surface area contributed by atoms with E-state index in [4.69, 9.17) is 16.3 Å². The molecule has 166 valence electrons. The fourth-order valence-corrected chi connectivity index (χ4v) is 3.88. The summed E-state index contributed by atoms with van der Waals surface area (Å²) >= 11 is 6.19. The summed E-state index contributed by atoms with van der Waals surface area (Å²) in [6.45, 7) is 2.82. The van der Waals surface area contributed by atoms with Gasteiger partial charge >= 0.3 is 6.61 Å². The van der Waals surface area contributed by atoms with Crippen LogP contribution in [0.4, 0.5) is 8.78 Å². The van der Waals surface area contributed by atoms with Crippen molar-refractivity contribution in [3.05, 3.63) is 70.4 Å². The third-order valence-corrected chi connectivity index (χ3v) is 5.68. The Morgan fingerprint density at radius 1 is 1.09 bits per heavy atom. The molecule has 0 spiro atoms. The summed E-state index contributed by atoms with van der Waals surface area (Å²) in [6.07, 6.45) is 2.23. The number of hydrogen-bond acceptors (Lipinski definition) is 4. The first-order valence-electron chi connectivity index (χ1n) is 10.1. The quantitative estimate of drug-likeness (QED) is 0.357. The van der Waals surface area contributed by atoms with Crippen LogP contribution in [0, 0.1) is 6.92 Å². The highest BCUT2D eigenvalue weighted by Crippen LogP contribution is 2.38. The lowest BCUT2D eigenvalue weighted by Crippen LogP contribution is -2.09. The first kappa shape index (κ1) is 22.0. The van der Waals surface area contributed by atoms with Gasteiger partial charge in [-0.3, -0.25) is 4.68 Å². The number of rotatable bonds is 6. The van der Waals surface area contributed by atoms with E-state index in [1.54, 1.807) is 6.92 Å². The van der Waals surface area contributed by atoms with Gasteiger partial charge in [-0.1, -0.05) is 35.9 Å². The number of aromatic hydroxyl groups is 1. The number of hydrogen-bond donors (Lipinski definition) is 1. The van der Waals surface area contributed by atoms with E-state index in [1.165, 1.54) is 12.1 Å². The zero-order valence-electron chi connectivity index (χ0n) is 17.8. The number of phenolic OH excluding ortho intramolecular Hbond substituents is 1. The smallest absolute Gasteiger partial charge is 0.388 e. The number of halogens is 3. The molecule has 2 heterocycles. The van der Waals surface area contributed by atoms with Gasteiger partial charge in [0.05, 0.1) is 16.2 Å². The Morgan fingerprint density at radius 3 is 2.44 bits per heavy atom. The topological polar surface area (TPSA) is 60.2 Å². The highest BCUT2D eigenvalue weighted by molar-refractivity contribution is 6.35. The zero-order valence-corrected chi connectivity index (χ0v) is 18.6. The molecular formula is C24H22ClF2N3O2. The maximum absolute atomic E-state index is 13.1. The van der Waals surface area contributed by atoms with E-state index >= 15 is 0 Å². The van der Waals surface area contributed by atoms with Crippen LogP contribution in [0.1, 0.15) is 36.6 Å². The molecule has 0 aliphatic carbocycles. The van der Waals surface area contributed by atoms with Gasteiger partial charge in [0.25, 0.3) is 0 Å². The van der Waals surface area contributed by atoms with Crippen LogP contribution in [0.5, 0.6) is 11.6 Å². The predicted molar refractivity (Wildman–Crippen MR) is 121 cm³/mol. The van der Waals surface area contributed by atoms with Crippen LogP contribution >= 0.6 is 11.6 Å². The molecule has 0 aliphatic rings. The van der Waals surface area contributed by atoms with E-state index in [-0.39, 0.29) is 28.2 Å². The Labute approximate surface area is 189 Å². The summed E-state index contributed by atoms with van der Waals surface area (Å²) in [5.41, 5.74) is 3.96. The van der Waals surface area contributed by atoms with Crippen molar-refractivity contribution in [1.29, 1.82) is 0 Å². The Bertz CT molecular complexity index is 1270. The molecule has 0 saturated carbocycles. The second kappa shape index (κ2) is 8.74. The Morgan fingerprint density at radius 2 is 1.81 bits per heavy atom. The van der Waals surface area contributed by atoms with Gasteiger partial charge in [0, 0.05) is 35.2 Å². The summed E-state index contributed by atoms with van der Waals surface area (Å²) in [4.78, 5) is 4.21. The highest BCUT2D eigenvalue weighted by atomic mass is 35.5. The van der Waals surface area contributed by atoms with Gasteiger partial charge in [-0.2, -0.15) is 13.9 Å². The average molecular weight is 458 g/mol. The lowest BCUT2D eigenvalue weighted by atomic mass is 9.97. The highest BCUT2D eigenvalue weighted by Gasteiger charge is 2.20. The second-order valence-electron chi connectivity index (χ2n) is 7.84. The Hall–Kier alpha value is -3.19. The SMILES string of the molecule is Cc1c(Cc2ccc(-c3ccn(C(C)C)n3)cc2)c(OC(F)F)nc2c(Cl)ccc(O)c12. The molecule has 0 fully saturated rings. The van der Waals surface area contributed by atoms with Gasteiger partial charge in [-0.05, 0) is 50.1 Å². The van der Waals surface area contributed by atoms with Gasteiger partial charge in [0.1, 0.15) is 5.75 Å². The van der Waals surface area contributed by atoms with Crippen molar-refractivity contribution in [2.75, 3.05) is 0 Å². The molecular weight excluding hydrogens is 436 g/mol. The van der Waals surface area contributed by atoms with Crippen molar-refractivity contribution in [3.63, 3.8) is 0 Å². The van der Waals surface area contributed by atoms with Crippen molar-refractivity contribution in [3.8, 4) is 22.9 Å². The van der Waals surface area contributed by atoms with Crippen molar-refractivity contribution >= 4 is 22.5 Å². The minimum atomic E-state index is -3.03. The molecule has 0 aliphatic heterocycles. The van der Waals surface area contributed by atoms with Crippen LogP contribution in [-0.2, 0) is 6.42 Å². The summed E-state index contributed by atoms with van der Waals surface area (Å²) in [5.74, 6) is -0.215. The van der Waals surface area contributed by atoms with E-state index in [0.29, 0.717) is 22.9 Å². The standard InChI is InChI=1S/C24H22ClF2N3O2/c1-13(2)30-11-10-19(29-30)16-6-4-15(5-7-16)12-17-14(3)21-20(31)9-8-18(25)22(21)28-23(17)32-24(26)27/h4-11,13,24,31H,12H2,1-3H3. The van der Waals surface area contributed by atoms with Gasteiger partial charge in [-0.15, -0.1) is 0 Å². The molecule has 4 rings (SSSR count). The van der Waals surface area contributed by atoms with Gasteiger partial charge in [-0.25, -0.2) is 4.98 Å². The maximum atomic E-state index is 13.1. The van der Waals surface area contributed by atoms with E-state index in [1.807, 2.05) is 41.2 Å². The monoisotopic (exact) mass is 457 g/mol. The maximum Gasteiger partial charge on any atom is 0.388 e. The van der Waals surface area contributed by atoms with E-state index < -0.39 is 6.61 Å². The number of ether oxygens (including phenoxy) is 1. The number of nitrogens with zero attached hydrogens (tertiary/aromatic N) is 3. The van der Waals surface area contributed by atoms with Crippen LogP contribution in [-0.4, -0.2) is 26.5 Å². The number of pyridine rings is 1. The fraction of sp³-hybridized carbons (Fsp3) is 0.250. The largest absolute Gasteiger partial charge is 0.507 e. The molecule has 0 radical (unpaired) electrons. The number of alkyl halides is 2. The van der Waals surface area contributed by atoms with Crippen LogP contribution in [0.15, 0.2) is 48.7 Å². The molecule has 0 atom stereocenters. The predicted octanol–water partition coefficient (Wildman–Crippen LogP) is 6.54. The van der Waals surface area contributed by atoms with Crippen LogP contribution < -0.4 is 4.74 Å². The summed E-state index contributed by atoms with van der Waals surface area (Å²) in [5, 5.41) is 15.6. The number of benzene rings is 2. The van der Waals surface area contributed by atoms with Gasteiger partial charge in [0.2, 0.25) is 5.88 Å². The number of aryl methyl sites for hydroxylation is 1. The molecule has 5 nitrogen and oxygen atoms in total.